The van der Waals surface area contributed by atoms with Gasteiger partial charge >= 0.3 is 0 Å². The molecule has 2 aromatic rings. The molecule has 0 fully saturated rings. The summed E-state index contributed by atoms with van der Waals surface area (Å²) >= 11 is 1.61. The van der Waals surface area contributed by atoms with Gasteiger partial charge in [0, 0.05) is 23.8 Å². The molecular weight excluding hydrogens is 222 g/mol. The molecule has 2 aromatic heterocycles. The summed E-state index contributed by atoms with van der Waals surface area (Å²) in [5.41, 5.74) is 5.81. The molecule has 86 valence electrons. The van der Waals surface area contributed by atoms with E-state index < -0.39 is 0 Å². The van der Waals surface area contributed by atoms with Gasteiger partial charge in [-0.3, -0.25) is 20.9 Å². The Morgan fingerprint density at radius 1 is 1.56 bits per heavy atom. The van der Waals surface area contributed by atoms with Crippen LogP contribution in [0.25, 0.3) is 0 Å². The van der Waals surface area contributed by atoms with Gasteiger partial charge < -0.3 is 0 Å². The standard InChI is InChI=1S/C10H15N5S/c1-2-15-6-8(4-13-15)3-9(14-11)10-5-12-7-16-10/h4-7,9,14H,2-3,11H2,1H3. The normalized spacial score (nSPS) is 12.9. The second-order valence-electron chi connectivity index (χ2n) is 3.53. The van der Waals surface area contributed by atoms with Crippen LogP contribution in [0.1, 0.15) is 23.4 Å². The molecule has 1 atom stereocenters. The second-order valence-corrected chi connectivity index (χ2v) is 4.45. The van der Waals surface area contributed by atoms with Crippen LogP contribution in [-0.2, 0) is 13.0 Å². The number of hydrazine groups is 1. The fraction of sp³-hybridized carbons (Fsp3) is 0.400. The zero-order chi connectivity index (χ0) is 11.4. The van der Waals surface area contributed by atoms with Crippen LogP contribution >= 0.6 is 11.3 Å². The lowest BCUT2D eigenvalue weighted by molar-refractivity contribution is 0.559. The second kappa shape index (κ2) is 5.20. The summed E-state index contributed by atoms with van der Waals surface area (Å²) in [5.74, 6) is 5.55. The Morgan fingerprint density at radius 2 is 2.44 bits per heavy atom. The van der Waals surface area contributed by atoms with Gasteiger partial charge in [0.05, 0.1) is 17.7 Å². The van der Waals surface area contributed by atoms with Crippen molar-refractivity contribution in [1.82, 2.24) is 20.2 Å². The Bertz CT molecular complexity index is 422. The molecule has 1 unspecified atom stereocenters. The summed E-state index contributed by atoms with van der Waals surface area (Å²) in [6.45, 7) is 2.96. The van der Waals surface area contributed by atoms with E-state index >= 15 is 0 Å². The number of nitrogens with two attached hydrogens (primary N) is 1. The predicted octanol–water partition coefficient (Wildman–Crippen LogP) is 1.11. The van der Waals surface area contributed by atoms with Crippen LogP contribution in [0.4, 0.5) is 0 Å². The maximum atomic E-state index is 5.55. The fourth-order valence-corrected chi connectivity index (χ4v) is 2.24. The highest BCUT2D eigenvalue weighted by molar-refractivity contribution is 7.09. The minimum atomic E-state index is 0.113. The Kier molecular flexibility index (Phi) is 3.66. The van der Waals surface area contributed by atoms with E-state index in [1.54, 1.807) is 11.3 Å². The van der Waals surface area contributed by atoms with Crippen LogP contribution in [0.3, 0.4) is 0 Å². The molecule has 0 amide bonds. The van der Waals surface area contributed by atoms with Crippen LogP contribution in [-0.4, -0.2) is 14.8 Å². The molecule has 5 nitrogen and oxygen atoms in total. The third-order valence-corrected chi connectivity index (χ3v) is 3.34. The van der Waals surface area contributed by atoms with Crippen LogP contribution in [0.15, 0.2) is 24.1 Å². The quantitative estimate of drug-likeness (QED) is 0.603. The summed E-state index contributed by atoms with van der Waals surface area (Å²) in [7, 11) is 0. The zero-order valence-electron chi connectivity index (χ0n) is 9.13. The molecule has 0 bridgehead atoms. The average molecular weight is 237 g/mol. The molecule has 2 heterocycles. The predicted molar refractivity (Wildman–Crippen MR) is 63.8 cm³/mol. The van der Waals surface area contributed by atoms with E-state index in [2.05, 4.69) is 22.4 Å². The third kappa shape index (κ3) is 2.46. The molecule has 0 radical (unpaired) electrons. The number of nitrogens with one attached hydrogen (secondary N) is 1. The van der Waals surface area contributed by atoms with Crippen LogP contribution in [0.2, 0.25) is 0 Å². The molecule has 2 rings (SSSR count). The molecule has 16 heavy (non-hydrogen) atoms. The Morgan fingerprint density at radius 3 is 3.00 bits per heavy atom. The fourth-order valence-electron chi connectivity index (χ4n) is 1.56. The lowest BCUT2D eigenvalue weighted by Crippen LogP contribution is -2.28. The van der Waals surface area contributed by atoms with Gasteiger partial charge in [-0.05, 0) is 18.9 Å². The van der Waals surface area contributed by atoms with E-state index in [1.807, 2.05) is 28.8 Å². The number of aromatic nitrogens is 3. The van der Waals surface area contributed by atoms with Gasteiger partial charge in [0.25, 0.3) is 0 Å². The lowest BCUT2D eigenvalue weighted by atomic mass is 10.1. The topological polar surface area (TPSA) is 68.8 Å². The number of hydrogen-bond acceptors (Lipinski definition) is 5. The van der Waals surface area contributed by atoms with Gasteiger partial charge in [0.2, 0.25) is 0 Å². The molecule has 0 aromatic carbocycles. The van der Waals surface area contributed by atoms with Gasteiger partial charge in [-0.2, -0.15) is 5.10 Å². The van der Waals surface area contributed by atoms with Gasteiger partial charge in [-0.25, -0.2) is 0 Å². The highest BCUT2D eigenvalue weighted by Gasteiger charge is 2.12. The highest BCUT2D eigenvalue weighted by atomic mass is 32.1. The molecule has 0 saturated carbocycles. The number of thiazole rings is 1. The van der Waals surface area contributed by atoms with E-state index in [1.165, 1.54) is 5.56 Å². The van der Waals surface area contributed by atoms with Crippen molar-refractivity contribution in [2.45, 2.75) is 25.9 Å². The summed E-state index contributed by atoms with van der Waals surface area (Å²) in [6, 6.07) is 0.113. The van der Waals surface area contributed by atoms with Gasteiger partial charge in [-0.1, -0.05) is 0 Å². The van der Waals surface area contributed by atoms with Crippen LogP contribution in [0.5, 0.6) is 0 Å². The van der Waals surface area contributed by atoms with E-state index in [0.29, 0.717) is 0 Å². The first-order valence-corrected chi connectivity index (χ1v) is 6.07. The SMILES string of the molecule is CCn1cc(CC(NN)c2cncs2)cn1. The molecule has 0 saturated heterocycles. The highest BCUT2D eigenvalue weighted by Crippen LogP contribution is 2.20. The minimum absolute atomic E-state index is 0.113. The van der Waals surface area contributed by atoms with E-state index in [-0.39, 0.29) is 6.04 Å². The summed E-state index contributed by atoms with van der Waals surface area (Å²) in [5, 5.41) is 4.24. The largest absolute Gasteiger partial charge is 0.273 e. The van der Waals surface area contributed by atoms with E-state index in [4.69, 9.17) is 5.84 Å². The van der Waals surface area contributed by atoms with Crippen molar-refractivity contribution in [1.29, 1.82) is 0 Å². The Balaban J connectivity index is 2.07. The van der Waals surface area contributed by atoms with E-state index in [9.17, 15) is 0 Å². The molecular formula is C10H15N5S. The number of nitrogens with zero attached hydrogens (tertiary/aromatic N) is 3. The maximum Gasteiger partial charge on any atom is 0.0794 e. The van der Waals surface area contributed by atoms with Gasteiger partial charge in [-0.15, -0.1) is 11.3 Å². The van der Waals surface area contributed by atoms with Gasteiger partial charge in [0.15, 0.2) is 0 Å². The zero-order valence-corrected chi connectivity index (χ0v) is 9.94. The average Bonchev–Trinajstić information content (AvgIpc) is 2.96. The number of rotatable bonds is 5. The molecule has 3 N–H and O–H groups in total. The van der Waals surface area contributed by atoms with Crippen molar-refractivity contribution in [3.05, 3.63) is 34.5 Å². The van der Waals surface area contributed by atoms with Crippen LogP contribution in [0, 0.1) is 0 Å². The summed E-state index contributed by atoms with van der Waals surface area (Å²) in [4.78, 5) is 5.20. The number of hydrogen-bond donors (Lipinski definition) is 2. The van der Waals surface area contributed by atoms with E-state index in [0.717, 1.165) is 17.8 Å². The first kappa shape index (κ1) is 11.3. The van der Waals surface area contributed by atoms with Gasteiger partial charge in [0.1, 0.15) is 0 Å². The van der Waals surface area contributed by atoms with Crippen LogP contribution < -0.4 is 11.3 Å². The third-order valence-electron chi connectivity index (χ3n) is 2.45. The Labute approximate surface area is 98.3 Å². The molecule has 0 spiro atoms. The number of aryl methyl sites for hydroxylation is 1. The minimum Gasteiger partial charge on any atom is -0.273 e. The Hall–Kier alpha value is -1.24. The van der Waals surface area contributed by atoms with Crippen molar-refractivity contribution in [3.8, 4) is 0 Å². The summed E-state index contributed by atoms with van der Waals surface area (Å²) < 4.78 is 1.91. The monoisotopic (exact) mass is 237 g/mol. The lowest BCUT2D eigenvalue weighted by Gasteiger charge is -2.11. The molecule has 0 aliphatic rings. The van der Waals surface area contributed by atoms with Crippen molar-refractivity contribution in [2.75, 3.05) is 0 Å². The molecule has 0 aliphatic carbocycles. The molecule has 6 heteroatoms. The van der Waals surface area contributed by atoms with Crippen molar-refractivity contribution < 1.29 is 0 Å². The van der Waals surface area contributed by atoms with Crippen molar-refractivity contribution in [3.63, 3.8) is 0 Å². The first-order valence-electron chi connectivity index (χ1n) is 5.19. The summed E-state index contributed by atoms with van der Waals surface area (Å²) in [6.07, 6.45) is 6.61. The van der Waals surface area contributed by atoms with Crippen molar-refractivity contribution in [2.24, 2.45) is 5.84 Å². The van der Waals surface area contributed by atoms with Crippen molar-refractivity contribution >= 4 is 11.3 Å². The molecule has 0 aliphatic heterocycles. The smallest absolute Gasteiger partial charge is 0.0794 e. The first-order chi connectivity index (χ1) is 7.83. The maximum absolute atomic E-state index is 5.55.